The molecule has 2 N–H and O–H groups in total. The number of nitrogens with zero attached hydrogens (tertiary/aromatic N) is 1. The van der Waals surface area contributed by atoms with Gasteiger partial charge in [0.25, 0.3) is 5.91 Å². The van der Waals surface area contributed by atoms with E-state index < -0.39 is 5.91 Å². The molecule has 23 heavy (non-hydrogen) atoms. The van der Waals surface area contributed by atoms with Gasteiger partial charge in [0.2, 0.25) is 5.91 Å². The van der Waals surface area contributed by atoms with E-state index in [9.17, 15) is 9.59 Å². The second-order valence-corrected chi connectivity index (χ2v) is 5.26. The fourth-order valence-electron chi connectivity index (χ4n) is 1.89. The molecule has 0 saturated heterocycles. The summed E-state index contributed by atoms with van der Waals surface area (Å²) in [5.41, 5.74) is 6.59. The predicted octanol–water partition coefficient (Wildman–Crippen LogP) is 2.61. The second-order valence-electron chi connectivity index (χ2n) is 4.82. The number of hydrazine groups is 1. The number of carbonyl (C=O) groups excluding carboxylic acids is 2. The highest BCUT2D eigenvalue weighted by molar-refractivity contribution is 6.30. The summed E-state index contributed by atoms with van der Waals surface area (Å²) in [6.07, 6.45) is 0.742. The standard InChI is InChI=1S/C17H14ClN3O2/c18-15-3-1-2-14(10-15)17(23)21-20-16(22)9-8-12-4-6-13(11-19)7-5-12/h1-7,10H,8-9H2,(H,20,22)(H,21,23). The summed E-state index contributed by atoms with van der Waals surface area (Å²) in [4.78, 5) is 23.6. The van der Waals surface area contributed by atoms with Crippen LogP contribution in [0.25, 0.3) is 0 Å². The Balaban J connectivity index is 1.78. The lowest BCUT2D eigenvalue weighted by atomic mass is 10.1. The van der Waals surface area contributed by atoms with E-state index in [1.165, 1.54) is 6.07 Å². The summed E-state index contributed by atoms with van der Waals surface area (Å²) in [7, 11) is 0. The average Bonchev–Trinajstić information content (AvgIpc) is 2.58. The van der Waals surface area contributed by atoms with Gasteiger partial charge in [0.05, 0.1) is 11.6 Å². The van der Waals surface area contributed by atoms with Crippen LogP contribution in [0.5, 0.6) is 0 Å². The summed E-state index contributed by atoms with van der Waals surface area (Å²) in [6, 6.07) is 15.5. The van der Waals surface area contributed by atoms with E-state index in [4.69, 9.17) is 16.9 Å². The number of benzene rings is 2. The van der Waals surface area contributed by atoms with Crippen molar-refractivity contribution in [1.29, 1.82) is 5.26 Å². The molecule has 2 amide bonds. The molecular formula is C17H14ClN3O2. The van der Waals surface area contributed by atoms with E-state index in [1.54, 1.807) is 42.5 Å². The molecule has 0 atom stereocenters. The third-order valence-corrected chi connectivity index (χ3v) is 3.36. The highest BCUT2D eigenvalue weighted by Crippen LogP contribution is 2.10. The number of hydrogen-bond donors (Lipinski definition) is 2. The largest absolute Gasteiger partial charge is 0.273 e. The smallest absolute Gasteiger partial charge is 0.269 e. The third kappa shape index (κ3) is 5.13. The zero-order valence-corrected chi connectivity index (χ0v) is 12.9. The first-order valence-electron chi connectivity index (χ1n) is 6.92. The van der Waals surface area contributed by atoms with Crippen LogP contribution < -0.4 is 10.9 Å². The van der Waals surface area contributed by atoms with E-state index in [0.717, 1.165) is 5.56 Å². The van der Waals surface area contributed by atoms with Crippen molar-refractivity contribution in [2.24, 2.45) is 0 Å². The van der Waals surface area contributed by atoms with Crippen molar-refractivity contribution in [3.05, 3.63) is 70.2 Å². The van der Waals surface area contributed by atoms with Crippen molar-refractivity contribution in [3.8, 4) is 6.07 Å². The van der Waals surface area contributed by atoms with Gasteiger partial charge in [-0.15, -0.1) is 0 Å². The van der Waals surface area contributed by atoms with Crippen LogP contribution in [0.1, 0.15) is 27.9 Å². The zero-order valence-electron chi connectivity index (χ0n) is 12.2. The molecule has 0 fully saturated rings. The van der Waals surface area contributed by atoms with Gasteiger partial charge in [-0.1, -0.05) is 29.8 Å². The maximum absolute atomic E-state index is 11.8. The van der Waals surface area contributed by atoms with Gasteiger partial charge in [0.1, 0.15) is 0 Å². The van der Waals surface area contributed by atoms with Crippen molar-refractivity contribution < 1.29 is 9.59 Å². The molecular weight excluding hydrogens is 314 g/mol. The van der Waals surface area contributed by atoms with Crippen LogP contribution in [0.15, 0.2) is 48.5 Å². The minimum atomic E-state index is -0.431. The number of carbonyl (C=O) groups is 2. The Labute approximate surface area is 138 Å². The van der Waals surface area contributed by atoms with Gasteiger partial charge < -0.3 is 0 Å². The fraction of sp³-hybridized carbons (Fsp3) is 0.118. The molecule has 2 aromatic carbocycles. The molecule has 0 unspecified atom stereocenters. The molecule has 6 heteroatoms. The van der Waals surface area contributed by atoms with Gasteiger partial charge in [0.15, 0.2) is 0 Å². The first-order chi connectivity index (χ1) is 11.1. The maximum Gasteiger partial charge on any atom is 0.269 e. The number of nitriles is 1. The molecule has 0 aliphatic carbocycles. The van der Waals surface area contributed by atoms with E-state index in [2.05, 4.69) is 10.9 Å². The lowest BCUT2D eigenvalue weighted by Crippen LogP contribution is -2.41. The number of aryl methyl sites for hydroxylation is 1. The topological polar surface area (TPSA) is 82.0 Å². The Morgan fingerprint density at radius 1 is 1.09 bits per heavy atom. The van der Waals surface area contributed by atoms with E-state index in [1.807, 2.05) is 6.07 Å². The van der Waals surface area contributed by atoms with Crippen molar-refractivity contribution in [3.63, 3.8) is 0 Å². The molecule has 0 radical (unpaired) electrons. The molecule has 0 aromatic heterocycles. The first kappa shape index (κ1) is 16.5. The summed E-state index contributed by atoms with van der Waals surface area (Å²) in [5.74, 6) is -0.732. The summed E-state index contributed by atoms with van der Waals surface area (Å²) in [5, 5.41) is 9.17. The van der Waals surface area contributed by atoms with Crippen LogP contribution >= 0.6 is 11.6 Å². The number of nitrogens with one attached hydrogen (secondary N) is 2. The molecule has 0 aliphatic rings. The number of halogens is 1. The van der Waals surface area contributed by atoms with Crippen LogP contribution in [0.2, 0.25) is 5.02 Å². The molecule has 0 aliphatic heterocycles. The van der Waals surface area contributed by atoms with Crippen LogP contribution in [-0.2, 0) is 11.2 Å². The van der Waals surface area contributed by atoms with E-state index in [0.29, 0.717) is 22.6 Å². The summed E-state index contributed by atoms with van der Waals surface area (Å²) >= 11 is 5.80. The lowest BCUT2D eigenvalue weighted by molar-refractivity contribution is -0.121. The Morgan fingerprint density at radius 2 is 1.83 bits per heavy atom. The van der Waals surface area contributed by atoms with Crippen LogP contribution in [-0.4, -0.2) is 11.8 Å². The Bertz CT molecular complexity index is 751. The Hall–Kier alpha value is -2.84. The van der Waals surface area contributed by atoms with Crippen molar-refractivity contribution in [1.82, 2.24) is 10.9 Å². The normalized spacial score (nSPS) is 9.74. The van der Waals surface area contributed by atoms with Crippen molar-refractivity contribution >= 4 is 23.4 Å². The quantitative estimate of drug-likeness (QED) is 0.847. The van der Waals surface area contributed by atoms with Gasteiger partial charge in [-0.2, -0.15) is 5.26 Å². The molecule has 2 aromatic rings. The van der Waals surface area contributed by atoms with Gasteiger partial charge in [-0.3, -0.25) is 20.4 Å². The van der Waals surface area contributed by atoms with E-state index >= 15 is 0 Å². The minimum absolute atomic E-state index is 0.224. The van der Waals surface area contributed by atoms with Gasteiger partial charge in [-0.25, -0.2) is 0 Å². The maximum atomic E-state index is 11.8. The first-order valence-corrected chi connectivity index (χ1v) is 7.30. The lowest BCUT2D eigenvalue weighted by Gasteiger charge is -2.07. The van der Waals surface area contributed by atoms with Gasteiger partial charge in [-0.05, 0) is 42.3 Å². The molecule has 2 rings (SSSR count). The number of amides is 2. The van der Waals surface area contributed by atoms with Gasteiger partial charge in [0, 0.05) is 17.0 Å². The molecule has 5 nitrogen and oxygen atoms in total. The SMILES string of the molecule is N#Cc1ccc(CCC(=O)NNC(=O)c2cccc(Cl)c2)cc1. The highest BCUT2D eigenvalue weighted by Gasteiger charge is 2.08. The molecule has 0 bridgehead atoms. The molecule has 0 heterocycles. The summed E-state index contributed by atoms with van der Waals surface area (Å²) in [6.45, 7) is 0. The van der Waals surface area contributed by atoms with Crippen molar-refractivity contribution in [2.45, 2.75) is 12.8 Å². The summed E-state index contributed by atoms with van der Waals surface area (Å²) < 4.78 is 0. The molecule has 0 saturated carbocycles. The fourth-order valence-corrected chi connectivity index (χ4v) is 2.08. The number of hydrogen-bond acceptors (Lipinski definition) is 3. The van der Waals surface area contributed by atoms with Crippen LogP contribution in [0.3, 0.4) is 0 Å². The van der Waals surface area contributed by atoms with E-state index in [-0.39, 0.29) is 12.3 Å². The van der Waals surface area contributed by atoms with Crippen LogP contribution in [0, 0.1) is 11.3 Å². The molecule has 0 spiro atoms. The Kier molecular flexibility index (Phi) is 5.73. The molecule has 116 valence electrons. The Morgan fingerprint density at radius 3 is 2.48 bits per heavy atom. The van der Waals surface area contributed by atoms with Crippen LogP contribution in [0.4, 0.5) is 0 Å². The third-order valence-electron chi connectivity index (χ3n) is 3.13. The number of rotatable bonds is 4. The predicted molar refractivity (Wildman–Crippen MR) is 86.5 cm³/mol. The minimum Gasteiger partial charge on any atom is -0.273 e. The van der Waals surface area contributed by atoms with Crippen molar-refractivity contribution in [2.75, 3.05) is 0 Å². The van der Waals surface area contributed by atoms with Gasteiger partial charge >= 0.3 is 0 Å². The average molecular weight is 328 g/mol. The zero-order chi connectivity index (χ0) is 16.7. The second kappa shape index (κ2) is 7.97. The highest BCUT2D eigenvalue weighted by atomic mass is 35.5. The monoisotopic (exact) mass is 327 g/mol.